The van der Waals surface area contributed by atoms with E-state index >= 15 is 0 Å². The minimum atomic E-state index is -4.48. The van der Waals surface area contributed by atoms with Crippen LogP contribution in [0, 0.1) is 11.8 Å². The molecule has 2 aromatic rings. The molecule has 2 aromatic carbocycles. The van der Waals surface area contributed by atoms with Crippen molar-refractivity contribution in [1.29, 1.82) is 0 Å². The molecule has 4 N–H and O–H groups in total. The molecule has 176 valence electrons. The lowest BCUT2D eigenvalue weighted by molar-refractivity contribution is -0.146. The van der Waals surface area contributed by atoms with Crippen LogP contribution in [0.15, 0.2) is 48.5 Å². The summed E-state index contributed by atoms with van der Waals surface area (Å²) in [5, 5.41) is 5.48. The zero-order valence-electron chi connectivity index (χ0n) is 18.1. The number of carbonyl (C=O) groups is 3. The number of fused-ring (bicyclic) bond motifs is 3. The standard InChI is InChI=1S/C24H26F3N3O3/c1-2-7-18(17(21(28)31)12-13-24(25,26)27)22(32)30-20-16-10-4-3-8-14(16)15-9-5-6-11-19(15)29-23(20)33/h3-6,8-11,17-18,20H,2,7,12-13H2,1H3,(H2,28,31)(H,29,33)(H,30,32)/t17-,18+,20-/m0/s1. The van der Waals surface area contributed by atoms with Gasteiger partial charge in [-0.05, 0) is 30.0 Å². The number of benzene rings is 2. The second-order valence-corrected chi connectivity index (χ2v) is 8.12. The van der Waals surface area contributed by atoms with Crippen molar-refractivity contribution in [2.75, 3.05) is 5.32 Å². The van der Waals surface area contributed by atoms with E-state index in [0.717, 1.165) is 11.1 Å². The normalized spacial score (nSPS) is 17.1. The Morgan fingerprint density at radius 2 is 1.67 bits per heavy atom. The van der Waals surface area contributed by atoms with Crippen molar-refractivity contribution < 1.29 is 27.6 Å². The van der Waals surface area contributed by atoms with Crippen LogP contribution in [0.1, 0.15) is 44.2 Å². The lowest BCUT2D eigenvalue weighted by Crippen LogP contribution is -2.44. The summed E-state index contributed by atoms with van der Waals surface area (Å²) in [4.78, 5) is 38.3. The Morgan fingerprint density at radius 1 is 1.03 bits per heavy atom. The molecule has 3 amide bonds. The lowest BCUT2D eigenvalue weighted by Gasteiger charge is -2.27. The number of hydrogen-bond donors (Lipinski definition) is 3. The molecule has 0 fully saturated rings. The van der Waals surface area contributed by atoms with Crippen LogP contribution < -0.4 is 16.4 Å². The van der Waals surface area contributed by atoms with E-state index in [9.17, 15) is 27.6 Å². The van der Waals surface area contributed by atoms with Gasteiger partial charge in [-0.2, -0.15) is 13.2 Å². The third-order valence-corrected chi connectivity index (χ3v) is 5.82. The summed E-state index contributed by atoms with van der Waals surface area (Å²) in [6.45, 7) is 1.76. The Balaban J connectivity index is 1.92. The number of hydrogen-bond acceptors (Lipinski definition) is 3. The van der Waals surface area contributed by atoms with Crippen LogP contribution in [0.3, 0.4) is 0 Å². The van der Waals surface area contributed by atoms with E-state index < -0.39 is 54.6 Å². The molecular weight excluding hydrogens is 435 g/mol. The fraction of sp³-hybridized carbons (Fsp3) is 0.375. The zero-order chi connectivity index (χ0) is 24.2. The third kappa shape index (κ3) is 5.71. The number of alkyl halides is 3. The first kappa shape index (κ1) is 24.3. The maximum absolute atomic E-state index is 13.2. The van der Waals surface area contributed by atoms with Crippen molar-refractivity contribution in [2.24, 2.45) is 17.6 Å². The molecule has 0 spiro atoms. The van der Waals surface area contributed by atoms with E-state index in [1.807, 2.05) is 24.3 Å². The molecule has 1 heterocycles. The van der Waals surface area contributed by atoms with Crippen LogP contribution in [0.4, 0.5) is 18.9 Å². The van der Waals surface area contributed by atoms with Crippen molar-refractivity contribution in [1.82, 2.24) is 5.32 Å². The first-order chi connectivity index (χ1) is 15.6. The van der Waals surface area contributed by atoms with Crippen LogP contribution >= 0.6 is 0 Å². The number of primary amides is 1. The molecule has 0 aromatic heterocycles. The molecule has 0 saturated heterocycles. The SMILES string of the molecule is CCC[C@@H](C(=O)N[C@@H]1C(=O)Nc2ccccc2-c2ccccc21)[C@H](CCC(F)(F)F)C(N)=O. The van der Waals surface area contributed by atoms with Gasteiger partial charge in [0.15, 0.2) is 0 Å². The molecule has 9 heteroatoms. The maximum Gasteiger partial charge on any atom is 0.389 e. The van der Waals surface area contributed by atoms with Crippen LogP contribution in [0.5, 0.6) is 0 Å². The van der Waals surface area contributed by atoms with E-state index in [0.29, 0.717) is 17.7 Å². The van der Waals surface area contributed by atoms with Gasteiger partial charge in [-0.25, -0.2) is 0 Å². The van der Waals surface area contributed by atoms with Crippen molar-refractivity contribution in [3.63, 3.8) is 0 Å². The molecule has 3 rings (SSSR count). The van der Waals surface area contributed by atoms with Crippen molar-refractivity contribution in [3.05, 3.63) is 54.1 Å². The van der Waals surface area contributed by atoms with Gasteiger partial charge in [0.25, 0.3) is 5.91 Å². The Bertz CT molecular complexity index is 1040. The molecule has 1 aliphatic rings. The highest BCUT2D eigenvalue weighted by atomic mass is 19.4. The van der Waals surface area contributed by atoms with E-state index in [4.69, 9.17) is 5.73 Å². The monoisotopic (exact) mass is 461 g/mol. The first-order valence-electron chi connectivity index (χ1n) is 10.8. The highest BCUT2D eigenvalue weighted by Crippen LogP contribution is 2.37. The van der Waals surface area contributed by atoms with Crippen LogP contribution in [0.25, 0.3) is 11.1 Å². The quantitative estimate of drug-likeness (QED) is 0.546. The van der Waals surface area contributed by atoms with Gasteiger partial charge in [-0.3, -0.25) is 14.4 Å². The molecule has 3 atom stereocenters. The van der Waals surface area contributed by atoms with Gasteiger partial charge in [0, 0.05) is 29.5 Å². The molecule has 0 unspecified atom stereocenters. The second-order valence-electron chi connectivity index (χ2n) is 8.12. The van der Waals surface area contributed by atoms with Crippen LogP contribution in [0.2, 0.25) is 0 Å². The summed E-state index contributed by atoms with van der Waals surface area (Å²) in [5.74, 6) is -4.51. The fourth-order valence-electron chi connectivity index (χ4n) is 4.25. The van der Waals surface area contributed by atoms with Gasteiger partial charge in [-0.15, -0.1) is 0 Å². The predicted molar refractivity (Wildman–Crippen MR) is 118 cm³/mol. The number of para-hydroxylation sites is 1. The largest absolute Gasteiger partial charge is 0.389 e. The molecule has 1 aliphatic heterocycles. The Morgan fingerprint density at radius 3 is 2.30 bits per heavy atom. The van der Waals surface area contributed by atoms with Crippen molar-refractivity contribution in [3.8, 4) is 11.1 Å². The molecule has 6 nitrogen and oxygen atoms in total. The zero-order valence-corrected chi connectivity index (χ0v) is 18.1. The summed E-state index contributed by atoms with van der Waals surface area (Å²) in [6.07, 6.45) is -5.68. The van der Waals surface area contributed by atoms with Gasteiger partial charge < -0.3 is 16.4 Å². The topological polar surface area (TPSA) is 101 Å². The second kappa shape index (κ2) is 10.1. The van der Waals surface area contributed by atoms with Crippen LogP contribution in [-0.2, 0) is 14.4 Å². The summed E-state index contributed by atoms with van der Waals surface area (Å²) in [7, 11) is 0. The molecule has 33 heavy (non-hydrogen) atoms. The lowest BCUT2D eigenvalue weighted by atomic mass is 9.83. The van der Waals surface area contributed by atoms with E-state index in [-0.39, 0.29) is 6.42 Å². The van der Waals surface area contributed by atoms with Crippen LogP contribution in [-0.4, -0.2) is 23.9 Å². The number of rotatable bonds is 8. The summed E-state index contributed by atoms with van der Waals surface area (Å²) in [6, 6.07) is 13.2. The highest BCUT2D eigenvalue weighted by Gasteiger charge is 2.38. The summed E-state index contributed by atoms with van der Waals surface area (Å²) in [5.41, 5.74) is 8.04. The maximum atomic E-state index is 13.2. The predicted octanol–water partition coefficient (Wildman–Crippen LogP) is 4.32. The van der Waals surface area contributed by atoms with Gasteiger partial charge in [0.2, 0.25) is 11.8 Å². The van der Waals surface area contributed by atoms with E-state index in [2.05, 4.69) is 10.6 Å². The molecule has 0 radical (unpaired) electrons. The number of carbonyl (C=O) groups excluding carboxylic acids is 3. The number of anilines is 1. The Labute approximate surface area is 189 Å². The van der Waals surface area contributed by atoms with Gasteiger partial charge in [-0.1, -0.05) is 55.8 Å². The van der Waals surface area contributed by atoms with Gasteiger partial charge in [0.1, 0.15) is 6.04 Å². The minimum absolute atomic E-state index is 0.160. The number of amides is 3. The van der Waals surface area contributed by atoms with Crippen molar-refractivity contribution in [2.45, 2.75) is 44.8 Å². The molecule has 0 saturated carbocycles. The van der Waals surface area contributed by atoms with Gasteiger partial charge in [0.05, 0.1) is 0 Å². The Hall–Kier alpha value is -3.36. The highest BCUT2D eigenvalue weighted by molar-refractivity contribution is 6.04. The summed E-state index contributed by atoms with van der Waals surface area (Å²) < 4.78 is 38.4. The number of nitrogens with two attached hydrogens (primary N) is 1. The first-order valence-corrected chi connectivity index (χ1v) is 10.8. The van der Waals surface area contributed by atoms with E-state index in [1.54, 1.807) is 31.2 Å². The van der Waals surface area contributed by atoms with Crippen molar-refractivity contribution >= 4 is 23.4 Å². The third-order valence-electron chi connectivity index (χ3n) is 5.82. The van der Waals surface area contributed by atoms with E-state index in [1.165, 1.54) is 0 Å². The average molecular weight is 461 g/mol. The minimum Gasteiger partial charge on any atom is -0.369 e. The summed E-state index contributed by atoms with van der Waals surface area (Å²) >= 11 is 0. The Kier molecular flexibility index (Phi) is 7.40. The molecule has 0 bridgehead atoms. The molecular formula is C24H26F3N3O3. The fourth-order valence-corrected chi connectivity index (χ4v) is 4.25. The number of nitrogens with one attached hydrogen (secondary N) is 2. The van der Waals surface area contributed by atoms with Gasteiger partial charge >= 0.3 is 6.18 Å². The average Bonchev–Trinajstić information content (AvgIpc) is 2.87. The molecule has 0 aliphatic carbocycles. The smallest absolute Gasteiger partial charge is 0.369 e. The number of halogens is 3.